The van der Waals surface area contributed by atoms with E-state index < -0.39 is 5.82 Å². The summed E-state index contributed by atoms with van der Waals surface area (Å²) < 4.78 is 18.7. The van der Waals surface area contributed by atoms with Gasteiger partial charge in [0.15, 0.2) is 11.6 Å². The van der Waals surface area contributed by atoms with Crippen molar-refractivity contribution in [1.82, 2.24) is 20.0 Å². The van der Waals surface area contributed by atoms with Gasteiger partial charge in [-0.25, -0.2) is 9.07 Å². The smallest absolute Gasteiger partial charge is 0.233 e. The highest BCUT2D eigenvalue weighted by atomic mass is 19.1. The minimum Gasteiger partial charge on any atom is -0.480 e. The predicted molar refractivity (Wildman–Crippen MR) is 45.7 cm³/mol. The number of ether oxygens (including phenoxy) is 1. The fraction of sp³-hybridized carbons (Fsp3) is 0.125. The van der Waals surface area contributed by atoms with Gasteiger partial charge in [0, 0.05) is 6.07 Å². The zero-order valence-electron chi connectivity index (χ0n) is 7.38. The Kier molecular flexibility index (Phi) is 2.10. The van der Waals surface area contributed by atoms with Gasteiger partial charge in [-0.05, 0) is 6.07 Å². The molecule has 2 heterocycles. The summed E-state index contributed by atoms with van der Waals surface area (Å²) in [6, 6.07) is 3.26. The van der Waals surface area contributed by atoms with Crippen LogP contribution in [0.25, 0.3) is 5.82 Å². The van der Waals surface area contributed by atoms with Crippen LogP contribution < -0.4 is 4.74 Å². The topological polar surface area (TPSA) is 52.8 Å². The average Bonchev–Trinajstić information content (AvgIpc) is 2.65. The van der Waals surface area contributed by atoms with Crippen LogP contribution >= 0.6 is 0 Å². The molecule has 0 aromatic carbocycles. The molecule has 0 spiro atoms. The lowest BCUT2D eigenvalue weighted by Crippen LogP contribution is -2.00. The van der Waals surface area contributed by atoms with Crippen molar-refractivity contribution in [3.05, 3.63) is 30.3 Å². The van der Waals surface area contributed by atoms with Crippen LogP contribution in [0.5, 0.6) is 5.88 Å². The molecule has 0 saturated carbocycles. The molecule has 0 saturated heterocycles. The first-order valence-corrected chi connectivity index (χ1v) is 3.88. The molecule has 0 aliphatic rings. The number of aromatic nitrogens is 4. The molecule has 6 heteroatoms. The molecule has 2 rings (SSSR count). The number of rotatable bonds is 2. The molecule has 72 valence electrons. The van der Waals surface area contributed by atoms with Gasteiger partial charge in [0.25, 0.3) is 0 Å². The maximum Gasteiger partial charge on any atom is 0.233 e. The van der Waals surface area contributed by atoms with Crippen molar-refractivity contribution in [2.45, 2.75) is 0 Å². The van der Waals surface area contributed by atoms with Crippen molar-refractivity contribution in [1.29, 1.82) is 0 Å². The van der Waals surface area contributed by atoms with E-state index in [1.165, 1.54) is 18.0 Å². The highest BCUT2D eigenvalue weighted by Crippen LogP contribution is 2.07. The largest absolute Gasteiger partial charge is 0.480 e. The van der Waals surface area contributed by atoms with Crippen LogP contribution in [0.1, 0.15) is 0 Å². The first kappa shape index (κ1) is 8.61. The molecule has 0 N–H and O–H groups in total. The monoisotopic (exact) mass is 194 g/mol. The van der Waals surface area contributed by atoms with Gasteiger partial charge in [-0.15, -0.1) is 10.2 Å². The molecular formula is C8H7FN4O. The van der Waals surface area contributed by atoms with E-state index in [2.05, 4.69) is 15.3 Å². The van der Waals surface area contributed by atoms with Crippen LogP contribution in [0, 0.1) is 5.82 Å². The van der Waals surface area contributed by atoms with Gasteiger partial charge in [0.1, 0.15) is 0 Å². The van der Waals surface area contributed by atoms with Crippen molar-refractivity contribution < 1.29 is 9.13 Å². The van der Waals surface area contributed by atoms with Gasteiger partial charge in [-0.2, -0.15) is 5.10 Å². The molecule has 0 bridgehead atoms. The summed E-state index contributed by atoms with van der Waals surface area (Å²) in [7, 11) is 1.50. The number of halogens is 1. The summed E-state index contributed by atoms with van der Waals surface area (Å²) in [6.45, 7) is 0. The fourth-order valence-corrected chi connectivity index (χ4v) is 0.970. The lowest BCUT2D eigenvalue weighted by molar-refractivity contribution is 0.391. The van der Waals surface area contributed by atoms with Gasteiger partial charge in [-0.3, -0.25) is 0 Å². The Bertz CT molecular complexity index is 425. The van der Waals surface area contributed by atoms with Crippen LogP contribution in [0.15, 0.2) is 24.5 Å². The second-order valence-corrected chi connectivity index (χ2v) is 2.54. The predicted octanol–water partition coefficient (Wildman–Crippen LogP) is 0.810. The summed E-state index contributed by atoms with van der Waals surface area (Å²) in [6.07, 6.45) is 2.32. The van der Waals surface area contributed by atoms with Crippen molar-refractivity contribution in [3.63, 3.8) is 0 Å². The Morgan fingerprint density at radius 3 is 2.71 bits per heavy atom. The minimum atomic E-state index is -0.414. The molecule has 0 unspecified atom stereocenters. The van der Waals surface area contributed by atoms with E-state index in [4.69, 9.17) is 4.74 Å². The van der Waals surface area contributed by atoms with Crippen LogP contribution in [0.3, 0.4) is 0 Å². The SMILES string of the molecule is COc1ccc(-n2cc(F)cn2)nn1. The third-order valence-corrected chi connectivity index (χ3v) is 1.62. The fourth-order valence-electron chi connectivity index (χ4n) is 0.970. The number of hydrogen-bond acceptors (Lipinski definition) is 4. The molecule has 14 heavy (non-hydrogen) atoms. The van der Waals surface area contributed by atoms with Crippen LogP contribution in [0.2, 0.25) is 0 Å². The lowest BCUT2D eigenvalue weighted by atomic mass is 10.5. The molecule has 0 fully saturated rings. The zero-order valence-corrected chi connectivity index (χ0v) is 7.38. The van der Waals surface area contributed by atoms with E-state index >= 15 is 0 Å². The zero-order chi connectivity index (χ0) is 9.97. The summed E-state index contributed by atoms with van der Waals surface area (Å²) >= 11 is 0. The first-order valence-electron chi connectivity index (χ1n) is 3.88. The molecule has 2 aromatic heterocycles. The van der Waals surface area contributed by atoms with Crippen molar-refractivity contribution >= 4 is 0 Å². The van der Waals surface area contributed by atoms with E-state index in [1.54, 1.807) is 12.1 Å². The molecule has 5 nitrogen and oxygen atoms in total. The Labute approximate surface area is 79.1 Å². The van der Waals surface area contributed by atoms with Crippen LogP contribution in [-0.4, -0.2) is 27.1 Å². The number of nitrogens with zero attached hydrogens (tertiary/aromatic N) is 4. The number of hydrogen-bond donors (Lipinski definition) is 0. The van der Waals surface area contributed by atoms with Gasteiger partial charge < -0.3 is 4.74 Å². The highest BCUT2D eigenvalue weighted by molar-refractivity contribution is 5.22. The Morgan fingerprint density at radius 1 is 1.36 bits per heavy atom. The lowest BCUT2D eigenvalue weighted by Gasteiger charge is -1.99. The summed E-state index contributed by atoms with van der Waals surface area (Å²) in [5, 5.41) is 11.3. The van der Waals surface area contributed by atoms with Crippen LogP contribution in [-0.2, 0) is 0 Å². The van der Waals surface area contributed by atoms with E-state index in [0.717, 1.165) is 6.20 Å². The van der Waals surface area contributed by atoms with Crippen LogP contribution in [0.4, 0.5) is 4.39 Å². The van der Waals surface area contributed by atoms with E-state index in [-0.39, 0.29) is 0 Å². The second-order valence-electron chi connectivity index (χ2n) is 2.54. The summed E-state index contributed by atoms with van der Waals surface area (Å²) in [5.41, 5.74) is 0. The van der Waals surface area contributed by atoms with Crippen molar-refractivity contribution in [2.24, 2.45) is 0 Å². The quantitative estimate of drug-likeness (QED) is 0.709. The molecule has 2 aromatic rings. The molecule has 0 amide bonds. The Hall–Kier alpha value is -1.98. The van der Waals surface area contributed by atoms with Gasteiger partial charge >= 0.3 is 0 Å². The van der Waals surface area contributed by atoms with Gasteiger partial charge in [0.2, 0.25) is 5.88 Å². The molecular weight excluding hydrogens is 187 g/mol. The van der Waals surface area contributed by atoms with Gasteiger partial charge in [-0.1, -0.05) is 0 Å². The van der Waals surface area contributed by atoms with Gasteiger partial charge in [0.05, 0.1) is 19.5 Å². The normalized spacial score (nSPS) is 10.1. The van der Waals surface area contributed by atoms with E-state index in [0.29, 0.717) is 11.7 Å². The molecule has 0 atom stereocenters. The van der Waals surface area contributed by atoms with Crippen molar-refractivity contribution in [2.75, 3.05) is 7.11 Å². The second kappa shape index (κ2) is 3.41. The number of methoxy groups -OCH3 is 1. The maximum absolute atomic E-state index is 12.6. The third-order valence-electron chi connectivity index (χ3n) is 1.62. The summed E-state index contributed by atoms with van der Waals surface area (Å²) in [4.78, 5) is 0. The van der Waals surface area contributed by atoms with Crippen molar-refractivity contribution in [3.8, 4) is 11.7 Å². The Morgan fingerprint density at radius 2 is 2.21 bits per heavy atom. The molecule has 0 radical (unpaired) electrons. The Balaban J connectivity index is 2.33. The van der Waals surface area contributed by atoms with E-state index in [9.17, 15) is 4.39 Å². The highest BCUT2D eigenvalue weighted by Gasteiger charge is 2.02. The minimum absolute atomic E-state index is 0.404. The van der Waals surface area contributed by atoms with E-state index in [1.807, 2.05) is 0 Å². The summed E-state index contributed by atoms with van der Waals surface area (Å²) in [5.74, 6) is 0.429. The molecule has 0 aliphatic heterocycles. The molecule has 0 aliphatic carbocycles. The average molecular weight is 194 g/mol. The standard InChI is InChI=1S/C8H7FN4O/c1-14-8-3-2-7(11-12-8)13-5-6(9)4-10-13/h2-5H,1H3. The first-order chi connectivity index (χ1) is 6.79. The maximum atomic E-state index is 12.6. The third kappa shape index (κ3) is 1.54.